The molecule has 0 saturated carbocycles. The number of hydrogen-bond acceptors (Lipinski definition) is 3. The number of halogens is 1. The normalized spacial score (nSPS) is 16.5. The van der Waals surface area contributed by atoms with Gasteiger partial charge in [0.05, 0.1) is 0 Å². The van der Waals surface area contributed by atoms with E-state index in [-0.39, 0.29) is 29.9 Å². The molecule has 1 aromatic carbocycles. The van der Waals surface area contributed by atoms with Gasteiger partial charge in [-0.05, 0) is 50.2 Å². The highest BCUT2D eigenvalue weighted by atomic mass is 35.5. The summed E-state index contributed by atoms with van der Waals surface area (Å²) in [6.07, 6.45) is 1.83. The van der Waals surface area contributed by atoms with E-state index in [1.54, 1.807) is 24.3 Å². The van der Waals surface area contributed by atoms with Crippen molar-refractivity contribution in [3.05, 3.63) is 29.8 Å². The number of benzene rings is 1. The lowest BCUT2D eigenvalue weighted by Crippen LogP contribution is -2.31. The summed E-state index contributed by atoms with van der Waals surface area (Å²) in [4.78, 5) is 12.0. The van der Waals surface area contributed by atoms with Crippen LogP contribution in [0.3, 0.4) is 0 Å². The first-order valence-corrected chi connectivity index (χ1v) is 5.31. The molecule has 0 unspecified atom stereocenters. The highest BCUT2D eigenvalue weighted by molar-refractivity contribution is 5.98. The van der Waals surface area contributed by atoms with E-state index in [0.717, 1.165) is 25.9 Å². The van der Waals surface area contributed by atoms with Crippen molar-refractivity contribution in [2.24, 2.45) is 5.92 Å². The minimum Gasteiger partial charge on any atom is -0.508 e. The number of Topliss-reactive ketones (excluding diaryl/α,β-unsaturated/α-hetero) is 1. The number of phenolic OH excluding ortho intramolecular Hbond substituents is 1. The molecule has 0 amide bonds. The van der Waals surface area contributed by atoms with Crippen molar-refractivity contribution in [3.8, 4) is 5.75 Å². The molecule has 2 N–H and O–H groups in total. The maximum atomic E-state index is 12.0. The summed E-state index contributed by atoms with van der Waals surface area (Å²) in [5, 5.41) is 12.4. The van der Waals surface area contributed by atoms with Gasteiger partial charge in [-0.15, -0.1) is 12.4 Å². The Kier molecular flexibility index (Phi) is 4.77. The van der Waals surface area contributed by atoms with E-state index < -0.39 is 0 Å². The minimum atomic E-state index is 0. The zero-order valence-electron chi connectivity index (χ0n) is 8.98. The van der Waals surface area contributed by atoms with Crippen molar-refractivity contribution in [1.82, 2.24) is 5.32 Å². The molecular formula is C12H16ClNO2. The van der Waals surface area contributed by atoms with Crippen LogP contribution in [-0.2, 0) is 0 Å². The van der Waals surface area contributed by atoms with Gasteiger partial charge in [0, 0.05) is 11.5 Å². The van der Waals surface area contributed by atoms with E-state index in [1.165, 1.54) is 0 Å². The SMILES string of the molecule is Cl.O=C(c1ccc(O)cc1)C1CCNCC1. The van der Waals surface area contributed by atoms with Crippen LogP contribution >= 0.6 is 12.4 Å². The number of ketones is 1. The second-order valence-electron chi connectivity index (χ2n) is 3.94. The van der Waals surface area contributed by atoms with Gasteiger partial charge in [-0.1, -0.05) is 0 Å². The van der Waals surface area contributed by atoms with Gasteiger partial charge >= 0.3 is 0 Å². The molecule has 0 radical (unpaired) electrons. The Labute approximate surface area is 101 Å². The third kappa shape index (κ3) is 2.97. The first-order chi connectivity index (χ1) is 7.27. The fraction of sp³-hybridized carbons (Fsp3) is 0.417. The smallest absolute Gasteiger partial charge is 0.166 e. The van der Waals surface area contributed by atoms with E-state index in [9.17, 15) is 4.79 Å². The van der Waals surface area contributed by atoms with Crippen LogP contribution in [0.4, 0.5) is 0 Å². The number of carbonyl (C=O) groups excluding carboxylic acids is 1. The molecule has 1 fully saturated rings. The van der Waals surface area contributed by atoms with Gasteiger partial charge < -0.3 is 10.4 Å². The third-order valence-corrected chi connectivity index (χ3v) is 2.86. The lowest BCUT2D eigenvalue weighted by atomic mass is 9.90. The molecule has 1 aliphatic rings. The lowest BCUT2D eigenvalue weighted by molar-refractivity contribution is 0.0895. The molecule has 1 aromatic rings. The van der Waals surface area contributed by atoms with Crippen molar-refractivity contribution in [1.29, 1.82) is 0 Å². The Morgan fingerprint density at radius 1 is 1.19 bits per heavy atom. The molecular weight excluding hydrogens is 226 g/mol. The summed E-state index contributed by atoms with van der Waals surface area (Å²) in [5.74, 6) is 0.559. The molecule has 2 rings (SSSR count). The standard InChI is InChI=1S/C12H15NO2.ClH/c14-11-3-1-9(2-4-11)12(15)10-5-7-13-8-6-10;/h1-4,10,13-14H,5-8H2;1H. The molecule has 0 aromatic heterocycles. The van der Waals surface area contributed by atoms with Gasteiger partial charge in [0.2, 0.25) is 0 Å². The van der Waals surface area contributed by atoms with E-state index in [2.05, 4.69) is 5.32 Å². The van der Waals surface area contributed by atoms with Crippen LogP contribution < -0.4 is 5.32 Å². The van der Waals surface area contributed by atoms with E-state index >= 15 is 0 Å². The predicted octanol–water partition coefficient (Wildman–Crippen LogP) is 2.00. The third-order valence-electron chi connectivity index (χ3n) is 2.86. The second-order valence-corrected chi connectivity index (χ2v) is 3.94. The summed E-state index contributed by atoms with van der Waals surface area (Å²) in [6.45, 7) is 1.85. The quantitative estimate of drug-likeness (QED) is 0.779. The topological polar surface area (TPSA) is 49.3 Å². The molecule has 4 heteroatoms. The van der Waals surface area contributed by atoms with Gasteiger partial charge in [0.15, 0.2) is 5.78 Å². The van der Waals surface area contributed by atoms with E-state index in [1.807, 2.05) is 0 Å². The Hall–Kier alpha value is -1.06. The van der Waals surface area contributed by atoms with Crippen molar-refractivity contribution < 1.29 is 9.90 Å². The van der Waals surface area contributed by atoms with Gasteiger partial charge in [0.25, 0.3) is 0 Å². The molecule has 16 heavy (non-hydrogen) atoms. The molecule has 0 bridgehead atoms. The number of nitrogens with one attached hydrogen (secondary N) is 1. The average molecular weight is 242 g/mol. The Balaban J connectivity index is 0.00000128. The number of phenols is 1. The van der Waals surface area contributed by atoms with Crippen molar-refractivity contribution in [2.75, 3.05) is 13.1 Å². The maximum Gasteiger partial charge on any atom is 0.166 e. The number of piperidine rings is 1. The van der Waals surface area contributed by atoms with Crippen LogP contribution in [0.1, 0.15) is 23.2 Å². The lowest BCUT2D eigenvalue weighted by Gasteiger charge is -2.21. The van der Waals surface area contributed by atoms with Crippen molar-refractivity contribution in [3.63, 3.8) is 0 Å². The monoisotopic (exact) mass is 241 g/mol. The summed E-state index contributed by atoms with van der Waals surface area (Å²) >= 11 is 0. The van der Waals surface area contributed by atoms with Gasteiger partial charge in [-0.25, -0.2) is 0 Å². The highest BCUT2D eigenvalue weighted by Gasteiger charge is 2.21. The first kappa shape index (κ1) is 13.0. The van der Waals surface area contributed by atoms with Crippen LogP contribution in [-0.4, -0.2) is 24.0 Å². The summed E-state index contributed by atoms with van der Waals surface area (Å²) < 4.78 is 0. The molecule has 0 aliphatic carbocycles. The Morgan fingerprint density at radius 3 is 2.31 bits per heavy atom. The Morgan fingerprint density at radius 2 is 1.75 bits per heavy atom. The van der Waals surface area contributed by atoms with Crippen LogP contribution in [0.2, 0.25) is 0 Å². The zero-order valence-corrected chi connectivity index (χ0v) is 9.80. The molecule has 1 aliphatic heterocycles. The fourth-order valence-electron chi connectivity index (χ4n) is 1.95. The van der Waals surface area contributed by atoms with E-state index in [0.29, 0.717) is 5.56 Å². The van der Waals surface area contributed by atoms with Crippen LogP contribution in [0.15, 0.2) is 24.3 Å². The van der Waals surface area contributed by atoms with Gasteiger partial charge in [-0.2, -0.15) is 0 Å². The van der Waals surface area contributed by atoms with Crippen molar-refractivity contribution >= 4 is 18.2 Å². The van der Waals surface area contributed by atoms with Gasteiger partial charge in [0.1, 0.15) is 5.75 Å². The zero-order chi connectivity index (χ0) is 10.7. The number of hydrogen-bond donors (Lipinski definition) is 2. The maximum absolute atomic E-state index is 12.0. The predicted molar refractivity (Wildman–Crippen MR) is 65.3 cm³/mol. The van der Waals surface area contributed by atoms with Crippen LogP contribution in [0, 0.1) is 5.92 Å². The first-order valence-electron chi connectivity index (χ1n) is 5.31. The van der Waals surface area contributed by atoms with Crippen LogP contribution in [0.25, 0.3) is 0 Å². The van der Waals surface area contributed by atoms with E-state index in [4.69, 9.17) is 5.11 Å². The molecule has 88 valence electrons. The number of aromatic hydroxyl groups is 1. The molecule has 1 heterocycles. The summed E-state index contributed by atoms with van der Waals surface area (Å²) in [6, 6.07) is 6.52. The van der Waals surface area contributed by atoms with Crippen molar-refractivity contribution in [2.45, 2.75) is 12.8 Å². The molecule has 0 spiro atoms. The fourth-order valence-corrected chi connectivity index (χ4v) is 1.95. The Bertz CT molecular complexity index is 345. The number of rotatable bonds is 2. The van der Waals surface area contributed by atoms with Crippen LogP contribution in [0.5, 0.6) is 5.75 Å². The largest absolute Gasteiger partial charge is 0.508 e. The summed E-state index contributed by atoms with van der Waals surface area (Å²) in [7, 11) is 0. The minimum absolute atomic E-state index is 0. The molecule has 3 nitrogen and oxygen atoms in total. The molecule has 0 atom stereocenters. The highest BCUT2D eigenvalue weighted by Crippen LogP contribution is 2.19. The summed E-state index contributed by atoms with van der Waals surface area (Å²) in [5.41, 5.74) is 0.708. The van der Waals surface area contributed by atoms with Gasteiger partial charge in [-0.3, -0.25) is 4.79 Å². The second kappa shape index (κ2) is 5.87. The number of carbonyl (C=O) groups is 1. The molecule has 1 saturated heterocycles. The average Bonchev–Trinajstić information content (AvgIpc) is 2.30.